The number of aryl methyl sites for hydroxylation is 2. The van der Waals surface area contributed by atoms with Crippen LogP contribution in [0.5, 0.6) is 0 Å². The summed E-state index contributed by atoms with van der Waals surface area (Å²) in [6.45, 7) is 4.33. The summed E-state index contributed by atoms with van der Waals surface area (Å²) in [5.41, 5.74) is 6.76. The highest BCUT2D eigenvalue weighted by atomic mass is 32.2. The lowest BCUT2D eigenvalue weighted by Gasteiger charge is -2.12. The Morgan fingerprint density at radius 3 is 2.26 bits per heavy atom. The van der Waals surface area contributed by atoms with Gasteiger partial charge in [0.1, 0.15) is 5.50 Å². The maximum atomic E-state index is 3.48. The van der Waals surface area contributed by atoms with E-state index in [9.17, 15) is 0 Å². The summed E-state index contributed by atoms with van der Waals surface area (Å²) >= 11 is 1.89. The van der Waals surface area contributed by atoms with Gasteiger partial charge in [0.25, 0.3) is 0 Å². The zero-order valence-corrected chi connectivity index (χ0v) is 12.1. The van der Waals surface area contributed by atoms with E-state index in [-0.39, 0.29) is 5.50 Å². The van der Waals surface area contributed by atoms with Gasteiger partial charge in [-0.25, -0.2) is 0 Å². The maximum absolute atomic E-state index is 3.48. The molecule has 0 aromatic heterocycles. The zero-order chi connectivity index (χ0) is 13.2. The van der Waals surface area contributed by atoms with E-state index in [2.05, 4.69) is 66.9 Å². The third-order valence-corrected chi connectivity index (χ3v) is 4.56. The molecule has 0 saturated heterocycles. The van der Waals surface area contributed by atoms with Crippen LogP contribution in [0, 0.1) is 13.8 Å². The topological polar surface area (TPSA) is 24.1 Å². The number of para-hydroxylation sites is 2. The summed E-state index contributed by atoms with van der Waals surface area (Å²) in [5.74, 6) is 1.01. The molecule has 2 N–H and O–H groups in total. The molecule has 0 spiro atoms. The third kappa shape index (κ3) is 2.71. The van der Waals surface area contributed by atoms with Gasteiger partial charge in [0.15, 0.2) is 0 Å². The van der Waals surface area contributed by atoms with Crippen molar-refractivity contribution < 1.29 is 0 Å². The van der Waals surface area contributed by atoms with Crippen LogP contribution in [0.15, 0.2) is 42.5 Å². The highest BCUT2D eigenvalue weighted by molar-refractivity contribution is 7.99. The average Bonchev–Trinajstić information content (AvgIpc) is 2.83. The van der Waals surface area contributed by atoms with Crippen molar-refractivity contribution in [1.29, 1.82) is 0 Å². The van der Waals surface area contributed by atoms with Crippen LogP contribution in [-0.2, 0) is 5.75 Å². The first-order valence-electron chi connectivity index (χ1n) is 6.52. The van der Waals surface area contributed by atoms with Crippen LogP contribution >= 0.6 is 11.8 Å². The van der Waals surface area contributed by atoms with Gasteiger partial charge in [0.05, 0.1) is 11.4 Å². The van der Waals surface area contributed by atoms with Gasteiger partial charge in [0, 0.05) is 5.75 Å². The summed E-state index contributed by atoms with van der Waals surface area (Å²) in [7, 11) is 0. The molecule has 2 nitrogen and oxygen atoms in total. The number of hydrogen-bond donors (Lipinski definition) is 2. The number of benzene rings is 2. The molecule has 0 unspecified atom stereocenters. The van der Waals surface area contributed by atoms with E-state index in [1.807, 2.05) is 11.8 Å². The number of anilines is 2. The Labute approximate surface area is 118 Å². The lowest BCUT2D eigenvalue weighted by molar-refractivity contribution is 1.19. The first-order valence-corrected chi connectivity index (χ1v) is 7.57. The third-order valence-electron chi connectivity index (χ3n) is 3.49. The second-order valence-electron chi connectivity index (χ2n) is 4.94. The molecular formula is C16H18N2S. The molecule has 0 saturated carbocycles. The lowest BCUT2D eigenvalue weighted by Crippen LogP contribution is -2.17. The number of fused-ring (bicyclic) bond motifs is 1. The van der Waals surface area contributed by atoms with Crippen LogP contribution in [0.4, 0.5) is 11.4 Å². The summed E-state index contributed by atoms with van der Waals surface area (Å²) < 4.78 is 0. The summed E-state index contributed by atoms with van der Waals surface area (Å²) in [5, 5.41) is 6.97. The number of hydrogen-bond acceptors (Lipinski definition) is 3. The molecule has 0 atom stereocenters. The Hall–Kier alpha value is -1.61. The minimum absolute atomic E-state index is 0.263. The van der Waals surface area contributed by atoms with E-state index in [4.69, 9.17) is 0 Å². The van der Waals surface area contributed by atoms with Crippen LogP contribution in [-0.4, -0.2) is 5.50 Å². The van der Waals surface area contributed by atoms with Crippen molar-refractivity contribution in [2.45, 2.75) is 25.1 Å². The molecule has 1 aliphatic rings. The van der Waals surface area contributed by atoms with Crippen molar-refractivity contribution in [2.75, 3.05) is 10.6 Å². The lowest BCUT2D eigenvalue weighted by atomic mass is 10.1. The SMILES string of the molecule is Cc1ccc(CSC2Nc3ccccc3N2)cc1C. The normalized spacial score (nSPS) is 13.8. The van der Waals surface area contributed by atoms with E-state index in [0.29, 0.717) is 0 Å². The van der Waals surface area contributed by atoms with Crippen LogP contribution in [0.2, 0.25) is 0 Å². The molecule has 19 heavy (non-hydrogen) atoms. The van der Waals surface area contributed by atoms with Crippen LogP contribution in [0.25, 0.3) is 0 Å². The van der Waals surface area contributed by atoms with Gasteiger partial charge in [-0.05, 0) is 42.7 Å². The first kappa shape index (κ1) is 12.4. The summed E-state index contributed by atoms with van der Waals surface area (Å²) in [6.07, 6.45) is 0. The van der Waals surface area contributed by atoms with Gasteiger partial charge < -0.3 is 10.6 Å². The molecule has 0 bridgehead atoms. The Morgan fingerprint density at radius 2 is 1.63 bits per heavy atom. The van der Waals surface area contributed by atoms with Gasteiger partial charge >= 0.3 is 0 Å². The predicted octanol–water partition coefficient (Wildman–Crippen LogP) is 4.36. The Balaban J connectivity index is 1.61. The second kappa shape index (κ2) is 5.17. The zero-order valence-electron chi connectivity index (χ0n) is 11.2. The van der Waals surface area contributed by atoms with Crippen molar-refractivity contribution in [3.63, 3.8) is 0 Å². The van der Waals surface area contributed by atoms with Crippen molar-refractivity contribution in [2.24, 2.45) is 0 Å². The molecule has 1 aliphatic heterocycles. The molecule has 3 heteroatoms. The summed E-state index contributed by atoms with van der Waals surface area (Å²) in [4.78, 5) is 0. The van der Waals surface area contributed by atoms with E-state index < -0.39 is 0 Å². The minimum atomic E-state index is 0.263. The first-order chi connectivity index (χ1) is 9.22. The fraction of sp³-hybridized carbons (Fsp3) is 0.250. The molecule has 2 aromatic rings. The van der Waals surface area contributed by atoms with E-state index in [0.717, 1.165) is 5.75 Å². The summed E-state index contributed by atoms with van der Waals surface area (Å²) in [6, 6.07) is 15.0. The molecule has 3 rings (SSSR count). The molecule has 0 radical (unpaired) electrons. The van der Waals surface area contributed by atoms with E-state index >= 15 is 0 Å². The van der Waals surface area contributed by atoms with Crippen molar-refractivity contribution in [1.82, 2.24) is 0 Å². The van der Waals surface area contributed by atoms with Crippen molar-refractivity contribution >= 4 is 23.1 Å². The van der Waals surface area contributed by atoms with Gasteiger partial charge in [-0.2, -0.15) is 0 Å². The largest absolute Gasteiger partial charge is 0.355 e. The molecule has 2 aromatic carbocycles. The highest BCUT2D eigenvalue weighted by Crippen LogP contribution is 2.33. The quantitative estimate of drug-likeness (QED) is 0.866. The van der Waals surface area contributed by atoms with Crippen LogP contribution < -0.4 is 10.6 Å². The number of nitrogens with one attached hydrogen (secondary N) is 2. The number of rotatable bonds is 3. The Morgan fingerprint density at radius 1 is 0.947 bits per heavy atom. The van der Waals surface area contributed by atoms with Gasteiger partial charge in [-0.3, -0.25) is 0 Å². The van der Waals surface area contributed by atoms with Crippen molar-refractivity contribution in [3.8, 4) is 0 Å². The molecule has 0 amide bonds. The second-order valence-corrected chi connectivity index (χ2v) is 6.04. The number of thioether (sulfide) groups is 1. The molecule has 0 aliphatic carbocycles. The van der Waals surface area contributed by atoms with E-state index in [1.165, 1.54) is 28.1 Å². The maximum Gasteiger partial charge on any atom is 0.146 e. The Kier molecular flexibility index (Phi) is 3.38. The fourth-order valence-electron chi connectivity index (χ4n) is 2.21. The van der Waals surface area contributed by atoms with Crippen molar-refractivity contribution in [3.05, 3.63) is 59.2 Å². The smallest absolute Gasteiger partial charge is 0.146 e. The van der Waals surface area contributed by atoms with E-state index in [1.54, 1.807) is 0 Å². The highest BCUT2D eigenvalue weighted by Gasteiger charge is 2.18. The minimum Gasteiger partial charge on any atom is -0.355 e. The molecule has 98 valence electrons. The van der Waals surface area contributed by atoms with Gasteiger partial charge in [-0.1, -0.05) is 30.3 Å². The standard InChI is InChI=1S/C16H18N2S/c1-11-7-8-13(9-12(11)2)10-19-16-17-14-5-3-4-6-15(14)18-16/h3-9,16-18H,10H2,1-2H3. The Bertz CT molecular complexity index is 570. The van der Waals surface area contributed by atoms with Crippen LogP contribution in [0.3, 0.4) is 0 Å². The predicted molar refractivity (Wildman–Crippen MR) is 84.7 cm³/mol. The fourth-order valence-corrected chi connectivity index (χ4v) is 3.17. The van der Waals surface area contributed by atoms with Gasteiger partial charge in [0.2, 0.25) is 0 Å². The average molecular weight is 270 g/mol. The van der Waals surface area contributed by atoms with Crippen LogP contribution in [0.1, 0.15) is 16.7 Å². The molecular weight excluding hydrogens is 252 g/mol. The van der Waals surface area contributed by atoms with Gasteiger partial charge in [-0.15, -0.1) is 11.8 Å². The molecule has 0 fully saturated rings. The molecule has 1 heterocycles. The monoisotopic (exact) mass is 270 g/mol.